The molecule has 0 spiro atoms. The summed E-state index contributed by atoms with van der Waals surface area (Å²) in [6, 6.07) is 1.88. The van der Waals surface area contributed by atoms with Gasteiger partial charge >= 0.3 is 0 Å². The van der Waals surface area contributed by atoms with Crippen LogP contribution in [0.15, 0.2) is 6.07 Å². The molecule has 5 heteroatoms. The van der Waals surface area contributed by atoms with E-state index in [1.807, 2.05) is 19.9 Å². The zero-order valence-electron chi connectivity index (χ0n) is 10.5. The number of hydrogen-bond donors (Lipinski definition) is 3. The average molecular weight is 236 g/mol. The van der Waals surface area contributed by atoms with Crippen LogP contribution in [0.1, 0.15) is 38.8 Å². The Morgan fingerprint density at radius 1 is 1.59 bits per heavy atom. The number of carbonyl (C=O) groups excluding carboxylic acids is 1. The van der Waals surface area contributed by atoms with Gasteiger partial charge in [0.15, 0.2) is 5.82 Å². The van der Waals surface area contributed by atoms with Gasteiger partial charge in [0.05, 0.1) is 5.54 Å². The fourth-order valence-electron chi connectivity index (χ4n) is 2.11. The van der Waals surface area contributed by atoms with E-state index in [0.717, 1.165) is 37.9 Å². The van der Waals surface area contributed by atoms with Crippen molar-refractivity contribution in [3.8, 4) is 0 Å². The van der Waals surface area contributed by atoms with Crippen LogP contribution < -0.4 is 10.6 Å². The number of piperidine rings is 1. The van der Waals surface area contributed by atoms with E-state index >= 15 is 0 Å². The second-order valence-corrected chi connectivity index (χ2v) is 4.80. The molecule has 17 heavy (non-hydrogen) atoms. The van der Waals surface area contributed by atoms with Gasteiger partial charge in [-0.15, -0.1) is 0 Å². The molecule has 1 amide bonds. The summed E-state index contributed by atoms with van der Waals surface area (Å²) in [6.07, 6.45) is 4.01. The molecule has 0 bridgehead atoms. The third-order valence-corrected chi connectivity index (χ3v) is 3.37. The highest BCUT2D eigenvalue weighted by Gasteiger charge is 2.34. The first-order chi connectivity index (χ1) is 8.14. The van der Waals surface area contributed by atoms with Gasteiger partial charge in [-0.2, -0.15) is 5.10 Å². The van der Waals surface area contributed by atoms with E-state index in [0.29, 0.717) is 5.82 Å². The Hall–Kier alpha value is -1.36. The Balaban J connectivity index is 2.00. The van der Waals surface area contributed by atoms with Crippen molar-refractivity contribution in [3.63, 3.8) is 0 Å². The monoisotopic (exact) mass is 236 g/mol. The summed E-state index contributed by atoms with van der Waals surface area (Å²) in [6.45, 7) is 4.91. The lowest BCUT2D eigenvalue weighted by Gasteiger charge is -2.33. The molecule has 0 aliphatic carbocycles. The summed E-state index contributed by atoms with van der Waals surface area (Å²) >= 11 is 0. The van der Waals surface area contributed by atoms with Gasteiger partial charge in [0.2, 0.25) is 5.91 Å². The van der Waals surface area contributed by atoms with Gasteiger partial charge in [-0.05, 0) is 39.2 Å². The van der Waals surface area contributed by atoms with Crippen LogP contribution in [0.25, 0.3) is 0 Å². The number of aromatic nitrogens is 2. The van der Waals surface area contributed by atoms with Crippen molar-refractivity contribution in [2.24, 2.45) is 0 Å². The number of aromatic amines is 1. The molecule has 1 saturated heterocycles. The number of carbonyl (C=O) groups is 1. The van der Waals surface area contributed by atoms with Crippen molar-refractivity contribution < 1.29 is 4.79 Å². The van der Waals surface area contributed by atoms with E-state index < -0.39 is 5.54 Å². The van der Waals surface area contributed by atoms with Crippen molar-refractivity contribution in [1.82, 2.24) is 15.5 Å². The number of hydrogen-bond acceptors (Lipinski definition) is 3. The Morgan fingerprint density at radius 2 is 2.41 bits per heavy atom. The lowest BCUT2D eigenvalue weighted by molar-refractivity contribution is -0.122. The summed E-state index contributed by atoms with van der Waals surface area (Å²) in [5.41, 5.74) is 0.575. The smallest absolute Gasteiger partial charge is 0.245 e. The second-order valence-electron chi connectivity index (χ2n) is 4.80. The van der Waals surface area contributed by atoms with E-state index in [1.54, 1.807) is 0 Å². The maximum Gasteiger partial charge on any atom is 0.245 e. The molecule has 0 radical (unpaired) electrons. The minimum absolute atomic E-state index is 0.00588. The van der Waals surface area contributed by atoms with Gasteiger partial charge in [0.25, 0.3) is 0 Å². The number of aryl methyl sites for hydroxylation is 1. The average Bonchev–Trinajstić information content (AvgIpc) is 2.78. The van der Waals surface area contributed by atoms with Crippen LogP contribution in [0.2, 0.25) is 0 Å². The van der Waals surface area contributed by atoms with Crippen LogP contribution in [0.4, 0.5) is 5.82 Å². The van der Waals surface area contributed by atoms with E-state index in [4.69, 9.17) is 0 Å². The van der Waals surface area contributed by atoms with Gasteiger partial charge in [-0.3, -0.25) is 9.89 Å². The highest BCUT2D eigenvalue weighted by atomic mass is 16.2. The van der Waals surface area contributed by atoms with Crippen molar-refractivity contribution in [1.29, 1.82) is 0 Å². The van der Waals surface area contributed by atoms with E-state index in [2.05, 4.69) is 20.8 Å². The van der Waals surface area contributed by atoms with Crippen LogP contribution in [0, 0.1) is 0 Å². The Bertz CT molecular complexity index is 393. The van der Waals surface area contributed by atoms with Gasteiger partial charge in [-0.25, -0.2) is 0 Å². The summed E-state index contributed by atoms with van der Waals surface area (Å²) in [5, 5.41) is 13.1. The third kappa shape index (κ3) is 2.66. The molecule has 1 aliphatic rings. The zero-order chi connectivity index (χ0) is 12.3. The summed E-state index contributed by atoms with van der Waals surface area (Å²) in [4.78, 5) is 12.2. The Labute approximate surface area is 101 Å². The number of nitrogens with one attached hydrogen (secondary N) is 3. The molecule has 1 unspecified atom stereocenters. The normalized spacial score (nSPS) is 24.6. The van der Waals surface area contributed by atoms with Gasteiger partial charge in [0, 0.05) is 11.8 Å². The van der Waals surface area contributed by atoms with Crippen molar-refractivity contribution in [2.75, 3.05) is 11.9 Å². The van der Waals surface area contributed by atoms with Crippen LogP contribution in [-0.4, -0.2) is 28.2 Å². The molecule has 1 fully saturated rings. The van der Waals surface area contributed by atoms with Crippen molar-refractivity contribution in [3.05, 3.63) is 11.8 Å². The standard InChI is InChI=1S/C12H20N4O/c1-3-9-8-10(16-15-9)14-11(17)12(2)6-4-5-7-13-12/h8,13H,3-7H2,1-2H3,(H2,14,15,16,17). The quantitative estimate of drug-likeness (QED) is 0.744. The molecular formula is C12H20N4O. The van der Waals surface area contributed by atoms with Gasteiger partial charge in [0.1, 0.15) is 0 Å². The molecule has 1 atom stereocenters. The largest absolute Gasteiger partial charge is 0.308 e. The first kappa shape index (κ1) is 12.1. The predicted octanol–water partition coefficient (Wildman–Crippen LogP) is 1.44. The number of rotatable bonds is 3. The topological polar surface area (TPSA) is 69.8 Å². The molecule has 1 aliphatic heterocycles. The molecule has 1 aromatic rings. The third-order valence-electron chi connectivity index (χ3n) is 3.37. The highest BCUT2D eigenvalue weighted by Crippen LogP contribution is 2.20. The van der Waals surface area contributed by atoms with Gasteiger partial charge in [-0.1, -0.05) is 6.92 Å². The first-order valence-corrected chi connectivity index (χ1v) is 6.25. The SMILES string of the molecule is CCc1cc(NC(=O)C2(C)CCCCN2)n[nH]1. The van der Waals surface area contributed by atoms with Gasteiger partial charge < -0.3 is 10.6 Å². The van der Waals surface area contributed by atoms with E-state index in [9.17, 15) is 4.79 Å². The Kier molecular flexibility index (Phi) is 3.47. The molecule has 94 valence electrons. The molecular weight excluding hydrogens is 216 g/mol. The number of H-pyrrole nitrogens is 1. The lowest BCUT2D eigenvalue weighted by Crippen LogP contribution is -2.54. The number of anilines is 1. The number of amides is 1. The van der Waals surface area contributed by atoms with E-state index in [1.165, 1.54) is 0 Å². The second kappa shape index (κ2) is 4.87. The first-order valence-electron chi connectivity index (χ1n) is 6.25. The summed E-state index contributed by atoms with van der Waals surface area (Å²) in [7, 11) is 0. The van der Waals surface area contributed by atoms with Crippen molar-refractivity contribution in [2.45, 2.75) is 45.1 Å². The minimum Gasteiger partial charge on any atom is -0.308 e. The molecule has 0 saturated carbocycles. The summed E-state index contributed by atoms with van der Waals surface area (Å²) in [5.74, 6) is 0.617. The predicted molar refractivity (Wildman–Crippen MR) is 66.9 cm³/mol. The maximum atomic E-state index is 12.2. The Morgan fingerprint density at radius 3 is 3.00 bits per heavy atom. The fourth-order valence-corrected chi connectivity index (χ4v) is 2.11. The van der Waals surface area contributed by atoms with E-state index in [-0.39, 0.29) is 5.91 Å². The van der Waals surface area contributed by atoms with Crippen LogP contribution in [0.3, 0.4) is 0 Å². The number of nitrogens with zero attached hydrogens (tertiary/aromatic N) is 1. The molecule has 2 rings (SSSR count). The molecule has 3 N–H and O–H groups in total. The molecule has 2 heterocycles. The van der Waals surface area contributed by atoms with Crippen molar-refractivity contribution >= 4 is 11.7 Å². The van der Waals surface area contributed by atoms with Crippen LogP contribution in [-0.2, 0) is 11.2 Å². The molecule has 5 nitrogen and oxygen atoms in total. The fraction of sp³-hybridized carbons (Fsp3) is 0.667. The zero-order valence-corrected chi connectivity index (χ0v) is 10.5. The highest BCUT2D eigenvalue weighted by molar-refractivity contribution is 5.97. The molecule has 0 aromatic carbocycles. The molecule has 1 aromatic heterocycles. The summed E-state index contributed by atoms with van der Waals surface area (Å²) < 4.78 is 0. The maximum absolute atomic E-state index is 12.2. The van der Waals surface area contributed by atoms with Crippen LogP contribution >= 0.6 is 0 Å². The lowest BCUT2D eigenvalue weighted by atomic mass is 9.90. The minimum atomic E-state index is -0.455. The van der Waals surface area contributed by atoms with Crippen LogP contribution in [0.5, 0.6) is 0 Å².